The van der Waals surface area contributed by atoms with Crippen LogP contribution in [0.1, 0.15) is 23.9 Å². The van der Waals surface area contributed by atoms with Crippen molar-refractivity contribution in [3.63, 3.8) is 0 Å². The molecular weight excluding hydrogens is 292 g/mol. The number of pyridine rings is 1. The van der Waals surface area contributed by atoms with Gasteiger partial charge in [-0.1, -0.05) is 0 Å². The Hall–Kier alpha value is -3.07. The zero-order valence-electron chi connectivity index (χ0n) is 13.3. The maximum Gasteiger partial charge on any atom is 0.411 e. The van der Waals surface area contributed by atoms with E-state index in [9.17, 15) is 10.1 Å². The number of anilines is 3. The first-order valence-corrected chi connectivity index (χ1v) is 7.22. The molecule has 1 aromatic heterocycles. The molecule has 23 heavy (non-hydrogen) atoms. The van der Waals surface area contributed by atoms with Gasteiger partial charge in [0.05, 0.1) is 23.6 Å². The zero-order chi connectivity index (χ0) is 16.8. The van der Waals surface area contributed by atoms with E-state index in [-0.39, 0.29) is 0 Å². The molecule has 6 heteroatoms. The van der Waals surface area contributed by atoms with Gasteiger partial charge >= 0.3 is 6.09 Å². The molecule has 0 fully saturated rings. The van der Waals surface area contributed by atoms with Crippen LogP contribution in [0.2, 0.25) is 0 Å². The average Bonchev–Trinajstić information content (AvgIpc) is 2.49. The molecular formula is C17H18N4O2. The van der Waals surface area contributed by atoms with E-state index >= 15 is 0 Å². The fourth-order valence-electron chi connectivity index (χ4n) is 2.15. The lowest BCUT2D eigenvalue weighted by Gasteiger charge is -2.11. The number of hydrogen-bond donors (Lipinski definition) is 2. The molecule has 0 bridgehead atoms. The molecule has 1 aromatic carbocycles. The number of ether oxygens (including phenoxy) is 1. The van der Waals surface area contributed by atoms with Crippen LogP contribution in [0.4, 0.5) is 21.9 Å². The number of amides is 1. The number of hydrogen-bond acceptors (Lipinski definition) is 5. The predicted octanol–water partition coefficient (Wildman–Crippen LogP) is 3.88. The molecule has 2 aromatic rings. The van der Waals surface area contributed by atoms with E-state index in [1.54, 1.807) is 19.1 Å². The fourth-order valence-corrected chi connectivity index (χ4v) is 2.15. The van der Waals surface area contributed by atoms with Gasteiger partial charge in [-0.25, -0.2) is 4.79 Å². The van der Waals surface area contributed by atoms with Crippen LogP contribution in [0.3, 0.4) is 0 Å². The van der Waals surface area contributed by atoms with Crippen LogP contribution in [0.15, 0.2) is 30.3 Å². The van der Waals surface area contributed by atoms with Gasteiger partial charge in [0, 0.05) is 17.1 Å². The summed E-state index contributed by atoms with van der Waals surface area (Å²) in [6.07, 6.45) is -0.486. The summed E-state index contributed by atoms with van der Waals surface area (Å²) in [5, 5.41) is 15.1. The first-order chi connectivity index (χ1) is 11.0. The Bertz CT molecular complexity index is 748. The third kappa shape index (κ3) is 4.20. The molecule has 0 unspecified atom stereocenters. The maximum absolute atomic E-state index is 11.4. The number of benzene rings is 1. The highest BCUT2D eigenvalue weighted by Crippen LogP contribution is 2.24. The van der Waals surface area contributed by atoms with Crippen molar-refractivity contribution >= 4 is 23.2 Å². The van der Waals surface area contributed by atoms with Crippen molar-refractivity contribution in [2.24, 2.45) is 0 Å². The summed E-state index contributed by atoms with van der Waals surface area (Å²) < 4.78 is 4.82. The first kappa shape index (κ1) is 16.3. The maximum atomic E-state index is 11.4. The number of nitriles is 1. The zero-order valence-corrected chi connectivity index (χ0v) is 13.3. The summed E-state index contributed by atoms with van der Waals surface area (Å²) in [4.78, 5) is 15.6. The molecule has 2 rings (SSSR count). The van der Waals surface area contributed by atoms with Gasteiger partial charge in [0.15, 0.2) is 0 Å². The molecule has 0 spiro atoms. The van der Waals surface area contributed by atoms with Gasteiger partial charge in [-0.15, -0.1) is 0 Å². The minimum Gasteiger partial charge on any atom is -0.450 e. The van der Waals surface area contributed by atoms with Gasteiger partial charge in [0.1, 0.15) is 6.07 Å². The topological polar surface area (TPSA) is 87.0 Å². The molecule has 1 amide bonds. The van der Waals surface area contributed by atoms with Gasteiger partial charge in [-0.2, -0.15) is 5.26 Å². The number of rotatable bonds is 4. The van der Waals surface area contributed by atoms with E-state index in [1.165, 1.54) is 0 Å². The van der Waals surface area contributed by atoms with Crippen LogP contribution < -0.4 is 10.6 Å². The Morgan fingerprint density at radius 2 is 1.91 bits per heavy atom. The van der Waals surface area contributed by atoms with E-state index in [1.807, 2.05) is 32.0 Å². The van der Waals surface area contributed by atoms with E-state index in [2.05, 4.69) is 21.7 Å². The molecule has 0 atom stereocenters. The number of aromatic nitrogens is 1. The van der Waals surface area contributed by atoms with E-state index in [0.29, 0.717) is 29.2 Å². The Labute approximate surface area is 135 Å². The molecule has 0 saturated carbocycles. The van der Waals surface area contributed by atoms with Gasteiger partial charge < -0.3 is 10.1 Å². The second kappa shape index (κ2) is 7.27. The standard InChI is InChI=1S/C17H18N4O2/c1-4-23-17(22)21-14-7-5-13(6-8-14)20-16-9-11(2)19-12(3)15(16)10-18/h5-9H,4H2,1-3H3,(H,19,20)(H,21,22). The van der Waals surface area contributed by atoms with Crippen molar-refractivity contribution in [1.82, 2.24) is 4.98 Å². The van der Waals surface area contributed by atoms with Crippen LogP contribution in [0, 0.1) is 25.2 Å². The molecule has 0 aliphatic rings. The monoisotopic (exact) mass is 310 g/mol. The summed E-state index contributed by atoms with van der Waals surface area (Å²) in [5.41, 5.74) is 4.20. The van der Waals surface area contributed by atoms with E-state index in [0.717, 1.165) is 11.4 Å². The summed E-state index contributed by atoms with van der Waals surface area (Å²) in [7, 11) is 0. The molecule has 2 N–H and O–H groups in total. The average molecular weight is 310 g/mol. The summed E-state index contributed by atoms with van der Waals surface area (Å²) in [5.74, 6) is 0. The van der Waals surface area contributed by atoms with Crippen molar-refractivity contribution in [3.8, 4) is 6.07 Å². The lowest BCUT2D eigenvalue weighted by molar-refractivity contribution is 0.168. The van der Waals surface area contributed by atoms with Gasteiger partial charge in [0.2, 0.25) is 0 Å². The van der Waals surface area contributed by atoms with Crippen LogP contribution in [-0.4, -0.2) is 17.7 Å². The smallest absolute Gasteiger partial charge is 0.411 e. The highest BCUT2D eigenvalue weighted by molar-refractivity contribution is 5.85. The number of nitrogens with one attached hydrogen (secondary N) is 2. The summed E-state index contributed by atoms with van der Waals surface area (Å²) in [6.45, 7) is 5.76. The van der Waals surface area contributed by atoms with Crippen LogP contribution in [0.25, 0.3) is 0 Å². The molecule has 0 saturated heterocycles. The predicted molar refractivity (Wildman–Crippen MR) is 88.8 cm³/mol. The van der Waals surface area contributed by atoms with E-state index < -0.39 is 6.09 Å². The van der Waals surface area contributed by atoms with Crippen LogP contribution in [0.5, 0.6) is 0 Å². The van der Waals surface area contributed by atoms with Crippen molar-refractivity contribution in [2.75, 3.05) is 17.2 Å². The Kier molecular flexibility index (Phi) is 5.15. The largest absolute Gasteiger partial charge is 0.450 e. The molecule has 118 valence electrons. The number of carbonyl (C=O) groups is 1. The Morgan fingerprint density at radius 3 is 2.52 bits per heavy atom. The van der Waals surface area contributed by atoms with Gasteiger partial charge in [0.25, 0.3) is 0 Å². The normalized spacial score (nSPS) is 9.83. The lowest BCUT2D eigenvalue weighted by atomic mass is 10.1. The fraction of sp³-hybridized carbons (Fsp3) is 0.235. The summed E-state index contributed by atoms with van der Waals surface area (Å²) in [6, 6.07) is 11.1. The highest BCUT2D eigenvalue weighted by Gasteiger charge is 2.08. The van der Waals surface area contributed by atoms with Gasteiger partial charge in [-0.05, 0) is 51.1 Å². The van der Waals surface area contributed by atoms with E-state index in [4.69, 9.17) is 4.74 Å². The molecule has 1 heterocycles. The lowest BCUT2D eigenvalue weighted by Crippen LogP contribution is -2.13. The molecule has 0 aliphatic heterocycles. The quantitative estimate of drug-likeness (QED) is 0.894. The highest BCUT2D eigenvalue weighted by atomic mass is 16.5. The van der Waals surface area contributed by atoms with Crippen molar-refractivity contribution < 1.29 is 9.53 Å². The number of carbonyl (C=O) groups excluding carboxylic acids is 1. The SMILES string of the molecule is CCOC(=O)Nc1ccc(Nc2cc(C)nc(C)c2C#N)cc1. The second-order valence-corrected chi connectivity index (χ2v) is 4.93. The first-order valence-electron chi connectivity index (χ1n) is 7.22. The molecule has 0 aliphatic carbocycles. The molecule has 0 radical (unpaired) electrons. The number of nitrogens with zero attached hydrogens (tertiary/aromatic N) is 2. The van der Waals surface area contributed by atoms with Crippen molar-refractivity contribution in [3.05, 3.63) is 47.3 Å². The summed E-state index contributed by atoms with van der Waals surface area (Å²) >= 11 is 0. The minimum absolute atomic E-state index is 0.323. The van der Waals surface area contributed by atoms with Crippen LogP contribution in [-0.2, 0) is 4.74 Å². The minimum atomic E-state index is -0.486. The number of aryl methyl sites for hydroxylation is 2. The van der Waals surface area contributed by atoms with Gasteiger partial charge in [-0.3, -0.25) is 10.3 Å². The third-order valence-electron chi connectivity index (χ3n) is 3.13. The Balaban J connectivity index is 2.16. The third-order valence-corrected chi connectivity index (χ3v) is 3.13. The van der Waals surface area contributed by atoms with Crippen molar-refractivity contribution in [2.45, 2.75) is 20.8 Å². The second-order valence-electron chi connectivity index (χ2n) is 4.93. The molecule has 6 nitrogen and oxygen atoms in total. The Morgan fingerprint density at radius 1 is 1.26 bits per heavy atom. The van der Waals surface area contributed by atoms with Crippen LogP contribution >= 0.6 is 0 Å². The van der Waals surface area contributed by atoms with Crippen molar-refractivity contribution in [1.29, 1.82) is 5.26 Å².